The summed E-state index contributed by atoms with van der Waals surface area (Å²) in [7, 11) is 2.96. The molecule has 1 atom stereocenters. The molecule has 0 saturated carbocycles. The van der Waals surface area contributed by atoms with Gasteiger partial charge >= 0.3 is 0 Å². The molecule has 5 nitrogen and oxygen atoms in total. The van der Waals surface area contributed by atoms with E-state index in [2.05, 4.69) is 55.5 Å². The molecule has 0 aliphatic carbocycles. The summed E-state index contributed by atoms with van der Waals surface area (Å²) < 4.78 is 10.3. The molecule has 0 radical (unpaired) electrons. The van der Waals surface area contributed by atoms with E-state index in [1.807, 2.05) is 0 Å². The van der Waals surface area contributed by atoms with Crippen molar-refractivity contribution in [3.8, 4) is 17.2 Å². The third kappa shape index (κ3) is 12.1. The molecule has 1 aromatic rings. The molecule has 5 heteroatoms. The van der Waals surface area contributed by atoms with Crippen LogP contribution in [-0.2, 0) is 0 Å². The number of hydrogen-bond acceptors (Lipinski definition) is 5. The first-order valence-corrected chi connectivity index (χ1v) is 11.8. The van der Waals surface area contributed by atoms with Crippen LogP contribution < -0.4 is 9.47 Å². The van der Waals surface area contributed by atoms with Crippen molar-refractivity contribution in [3.63, 3.8) is 0 Å². The highest BCUT2D eigenvalue weighted by atomic mass is 16.5. The zero-order chi connectivity index (χ0) is 24.3. The summed E-state index contributed by atoms with van der Waals surface area (Å²) in [4.78, 5) is 12.5. The summed E-state index contributed by atoms with van der Waals surface area (Å²) in [5.41, 5.74) is 0.211. The summed E-state index contributed by atoms with van der Waals surface area (Å²) in [6.45, 7) is 2.08. The second kappa shape index (κ2) is 17.7. The van der Waals surface area contributed by atoms with E-state index >= 15 is 0 Å². The summed E-state index contributed by atoms with van der Waals surface area (Å²) in [6.07, 6.45) is 23.8. The van der Waals surface area contributed by atoms with E-state index in [1.165, 1.54) is 20.3 Å². The maximum atomic E-state index is 12.5. The van der Waals surface area contributed by atoms with Gasteiger partial charge in [0.2, 0.25) is 0 Å². The summed E-state index contributed by atoms with van der Waals surface area (Å²) in [5, 5.41) is 19.8. The number of unbranched alkanes of at least 4 members (excludes halogenated alkanes) is 1. The average Bonchev–Trinajstić information content (AvgIpc) is 2.80. The normalized spacial score (nSPS) is 13.0. The monoisotopic (exact) mass is 456 g/mol. The van der Waals surface area contributed by atoms with E-state index in [1.54, 1.807) is 6.07 Å². The first-order chi connectivity index (χ1) is 16.0. The molecular formula is C28H40O5. The third-order valence-electron chi connectivity index (χ3n) is 5.08. The predicted octanol–water partition coefficient (Wildman–Crippen LogP) is 6.71. The average molecular weight is 457 g/mol. The fourth-order valence-corrected chi connectivity index (χ4v) is 3.28. The van der Waals surface area contributed by atoms with Crippen LogP contribution in [0.1, 0.15) is 75.1 Å². The number of ketones is 1. The number of phenols is 1. The van der Waals surface area contributed by atoms with Crippen molar-refractivity contribution in [2.45, 2.75) is 70.8 Å². The second-order valence-corrected chi connectivity index (χ2v) is 7.81. The number of aliphatic hydroxyl groups is 1. The van der Waals surface area contributed by atoms with Crippen LogP contribution in [0.4, 0.5) is 0 Å². The number of phenolic OH excluding ortho intramolecular Hbond substituents is 1. The minimum atomic E-state index is -0.211. The number of ether oxygens (including phenoxy) is 2. The fourth-order valence-electron chi connectivity index (χ4n) is 3.28. The summed E-state index contributed by atoms with van der Waals surface area (Å²) in [5.74, 6) is 0.517. The van der Waals surface area contributed by atoms with E-state index in [4.69, 9.17) is 9.47 Å². The van der Waals surface area contributed by atoms with Gasteiger partial charge in [0, 0.05) is 18.6 Å². The van der Waals surface area contributed by atoms with Gasteiger partial charge in [-0.25, -0.2) is 0 Å². The van der Waals surface area contributed by atoms with Crippen LogP contribution in [0.15, 0.2) is 60.7 Å². The zero-order valence-electron chi connectivity index (χ0n) is 20.3. The van der Waals surface area contributed by atoms with E-state index in [0.29, 0.717) is 24.3 Å². The van der Waals surface area contributed by atoms with Gasteiger partial charge in [-0.15, -0.1) is 0 Å². The second-order valence-electron chi connectivity index (χ2n) is 7.81. The molecule has 0 bridgehead atoms. The van der Waals surface area contributed by atoms with Gasteiger partial charge < -0.3 is 19.7 Å². The van der Waals surface area contributed by atoms with Gasteiger partial charge in [0.15, 0.2) is 5.78 Å². The lowest BCUT2D eigenvalue weighted by Gasteiger charge is -2.11. The number of methoxy groups -OCH3 is 2. The maximum absolute atomic E-state index is 12.5. The van der Waals surface area contributed by atoms with Gasteiger partial charge in [0.05, 0.1) is 20.3 Å². The van der Waals surface area contributed by atoms with Crippen LogP contribution >= 0.6 is 0 Å². The topological polar surface area (TPSA) is 76.0 Å². The minimum Gasteiger partial charge on any atom is -0.507 e. The Morgan fingerprint density at radius 1 is 0.939 bits per heavy atom. The Kier molecular flexibility index (Phi) is 15.2. The fraction of sp³-hybridized carbons (Fsp3) is 0.464. The van der Waals surface area contributed by atoms with Crippen LogP contribution in [0.2, 0.25) is 0 Å². The lowest BCUT2D eigenvalue weighted by Crippen LogP contribution is -2.03. The number of rotatable bonds is 17. The Labute approximate surface area is 199 Å². The Hall–Kier alpha value is -2.79. The van der Waals surface area contributed by atoms with Gasteiger partial charge in [0.25, 0.3) is 0 Å². The lowest BCUT2D eigenvalue weighted by molar-refractivity contribution is 0.0974. The molecule has 1 aromatic carbocycles. The van der Waals surface area contributed by atoms with Crippen LogP contribution in [0.3, 0.4) is 0 Å². The number of carbonyl (C=O) groups excluding carboxylic acids is 1. The number of aliphatic hydroxyl groups excluding tert-OH is 1. The molecule has 2 N–H and O–H groups in total. The van der Waals surface area contributed by atoms with Crippen LogP contribution in [0.25, 0.3) is 0 Å². The Balaban J connectivity index is 2.21. The Morgan fingerprint density at radius 3 is 2.12 bits per heavy atom. The summed E-state index contributed by atoms with van der Waals surface area (Å²) >= 11 is 0. The van der Waals surface area contributed by atoms with Gasteiger partial charge in [-0.1, -0.05) is 62.0 Å². The molecule has 0 aliphatic rings. The van der Waals surface area contributed by atoms with Crippen LogP contribution in [0.5, 0.6) is 17.2 Å². The van der Waals surface area contributed by atoms with Crippen molar-refractivity contribution >= 4 is 5.78 Å². The molecule has 0 saturated heterocycles. The molecular weight excluding hydrogens is 416 g/mol. The number of Topliss-reactive ketones (excluding diaryl/α,β-unsaturated/α-hetero) is 1. The number of benzene rings is 1. The molecule has 0 amide bonds. The molecule has 0 spiro atoms. The largest absolute Gasteiger partial charge is 0.507 e. The number of carbonyl (C=O) groups is 1. The molecule has 0 fully saturated rings. The standard InChI is InChI=1S/C28H40O5/c1-4-18-23(29)19-16-14-12-10-8-6-5-7-9-11-13-15-17-20-25(30)28-26(31)21-24(32-2)22-27(28)33-3/h5,7-8,10-11,13-14,16,21-23,29,31H,4,6,9,12,15,17-20H2,1-3H3/b7-5-,10-8-,13-11-,16-14-/t23-/m1/s1. The zero-order valence-corrected chi connectivity index (χ0v) is 20.3. The highest BCUT2D eigenvalue weighted by molar-refractivity contribution is 6.01. The summed E-state index contributed by atoms with van der Waals surface area (Å²) in [6, 6.07) is 3.03. The first kappa shape index (κ1) is 28.2. The van der Waals surface area contributed by atoms with Crippen molar-refractivity contribution in [1.82, 2.24) is 0 Å². The first-order valence-electron chi connectivity index (χ1n) is 11.8. The molecule has 0 aromatic heterocycles. The van der Waals surface area contributed by atoms with Crippen molar-refractivity contribution in [2.24, 2.45) is 0 Å². The van der Waals surface area contributed by atoms with E-state index in [-0.39, 0.29) is 23.2 Å². The third-order valence-corrected chi connectivity index (χ3v) is 5.08. The molecule has 0 heterocycles. The predicted molar refractivity (Wildman–Crippen MR) is 135 cm³/mol. The van der Waals surface area contributed by atoms with Gasteiger partial charge in [-0.3, -0.25) is 4.79 Å². The van der Waals surface area contributed by atoms with Crippen LogP contribution in [-0.4, -0.2) is 36.3 Å². The minimum absolute atomic E-state index is 0.118. The molecule has 1 rings (SSSR count). The maximum Gasteiger partial charge on any atom is 0.170 e. The van der Waals surface area contributed by atoms with Gasteiger partial charge in [-0.2, -0.15) is 0 Å². The Morgan fingerprint density at radius 2 is 1.55 bits per heavy atom. The molecule has 0 aliphatic heterocycles. The molecule has 33 heavy (non-hydrogen) atoms. The quantitative estimate of drug-likeness (QED) is 0.155. The van der Waals surface area contributed by atoms with E-state index < -0.39 is 0 Å². The van der Waals surface area contributed by atoms with Crippen LogP contribution in [0, 0.1) is 0 Å². The van der Waals surface area contributed by atoms with Crippen molar-refractivity contribution in [1.29, 1.82) is 0 Å². The Bertz CT molecular complexity index is 805. The number of aromatic hydroxyl groups is 1. The number of hydrogen-bond donors (Lipinski definition) is 2. The number of allylic oxidation sites excluding steroid dienone is 7. The van der Waals surface area contributed by atoms with E-state index in [0.717, 1.165) is 44.9 Å². The molecule has 0 unspecified atom stereocenters. The van der Waals surface area contributed by atoms with E-state index in [9.17, 15) is 15.0 Å². The smallest absolute Gasteiger partial charge is 0.170 e. The lowest BCUT2D eigenvalue weighted by atomic mass is 10.0. The van der Waals surface area contributed by atoms with Crippen molar-refractivity contribution in [3.05, 3.63) is 66.3 Å². The van der Waals surface area contributed by atoms with Gasteiger partial charge in [-0.05, 0) is 44.9 Å². The highest BCUT2D eigenvalue weighted by Gasteiger charge is 2.18. The van der Waals surface area contributed by atoms with Crippen molar-refractivity contribution < 1.29 is 24.5 Å². The van der Waals surface area contributed by atoms with Gasteiger partial charge in [0.1, 0.15) is 22.8 Å². The molecule has 182 valence electrons. The highest BCUT2D eigenvalue weighted by Crippen LogP contribution is 2.34. The SMILES string of the molecule is CCC[C@@H](O)C/C=C\C/C=C\C/C=C\C/C=C\CCCC(=O)c1c(O)cc(OC)cc1OC. The van der Waals surface area contributed by atoms with Crippen molar-refractivity contribution in [2.75, 3.05) is 14.2 Å².